The maximum Gasteiger partial charge on any atom is 0.354 e. The molecule has 8 nitrogen and oxygen atoms in total. The highest BCUT2D eigenvalue weighted by Crippen LogP contribution is 2.18. The highest BCUT2D eigenvalue weighted by atomic mass is 16.5. The Balaban J connectivity index is 2.16. The van der Waals surface area contributed by atoms with Crippen molar-refractivity contribution in [3.8, 4) is 0 Å². The molecule has 1 aliphatic heterocycles. The van der Waals surface area contributed by atoms with Crippen molar-refractivity contribution in [3.63, 3.8) is 0 Å². The topological polar surface area (TPSA) is 92.8 Å². The van der Waals surface area contributed by atoms with E-state index in [-0.39, 0.29) is 5.69 Å². The molecule has 0 aliphatic carbocycles. The van der Waals surface area contributed by atoms with Crippen molar-refractivity contribution in [3.05, 3.63) is 17.6 Å². The Bertz CT molecular complexity index is 633. The van der Waals surface area contributed by atoms with Gasteiger partial charge in [-0.25, -0.2) is 9.78 Å². The molecule has 1 saturated heterocycles. The van der Waals surface area contributed by atoms with Crippen LogP contribution in [0.4, 0.5) is 5.82 Å². The van der Waals surface area contributed by atoms with Crippen LogP contribution in [-0.2, 0) is 4.74 Å². The number of rotatable bonds is 2. The summed E-state index contributed by atoms with van der Waals surface area (Å²) in [4.78, 5) is 21.3. The zero-order valence-corrected chi connectivity index (χ0v) is 10.4. The van der Waals surface area contributed by atoms with Crippen LogP contribution in [0.1, 0.15) is 16.3 Å². The number of hydrogen-bond donors (Lipinski definition) is 1. The third-order valence-electron chi connectivity index (χ3n) is 2.95. The van der Waals surface area contributed by atoms with Crippen LogP contribution >= 0.6 is 0 Å². The Kier molecular flexibility index (Phi) is 2.79. The Morgan fingerprint density at radius 2 is 2.11 bits per heavy atom. The summed E-state index contributed by atoms with van der Waals surface area (Å²) in [6.07, 6.45) is 0. The van der Waals surface area contributed by atoms with Gasteiger partial charge >= 0.3 is 5.97 Å². The highest BCUT2D eigenvalue weighted by molar-refractivity contribution is 5.86. The van der Waals surface area contributed by atoms with E-state index in [2.05, 4.69) is 15.1 Å². The molecule has 0 aromatic carbocycles. The van der Waals surface area contributed by atoms with Crippen molar-refractivity contribution >= 4 is 17.6 Å². The van der Waals surface area contributed by atoms with Crippen LogP contribution in [-0.4, -0.2) is 57.0 Å². The van der Waals surface area contributed by atoms with Crippen LogP contribution in [0, 0.1) is 6.92 Å². The van der Waals surface area contributed by atoms with Crippen molar-refractivity contribution in [1.29, 1.82) is 0 Å². The number of aromatic carboxylic acids is 1. The third-order valence-corrected chi connectivity index (χ3v) is 2.95. The van der Waals surface area contributed by atoms with Gasteiger partial charge in [0.05, 0.1) is 13.2 Å². The minimum atomic E-state index is -1.07. The zero-order chi connectivity index (χ0) is 13.4. The first-order valence-corrected chi connectivity index (χ1v) is 5.95. The standard InChI is InChI=1S/C11H13N5O3/c1-7-12-11-13-8(10(17)18)6-9(16(11)14-7)15-2-4-19-5-3-15/h6H,2-5H2,1H3,(H,17,18). The number of aryl methyl sites for hydroxylation is 1. The number of nitrogens with zero attached hydrogens (tertiary/aromatic N) is 5. The lowest BCUT2D eigenvalue weighted by molar-refractivity contribution is 0.0690. The molecule has 0 amide bonds. The molecule has 3 heterocycles. The van der Waals surface area contributed by atoms with Gasteiger partial charge in [0.15, 0.2) is 5.69 Å². The fraction of sp³-hybridized carbons (Fsp3) is 0.455. The lowest BCUT2D eigenvalue weighted by Crippen LogP contribution is -2.37. The third kappa shape index (κ3) is 2.10. The summed E-state index contributed by atoms with van der Waals surface area (Å²) in [6, 6.07) is 1.52. The molecule has 1 N–H and O–H groups in total. The van der Waals surface area contributed by atoms with Crippen molar-refractivity contribution in [2.75, 3.05) is 31.2 Å². The van der Waals surface area contributed by atoms with Gasteiger partial charge < -0.3 is 14.7 Å². The van der Waals surface area contributed by atoms with Gasteiger partial charge in [-0.3, -0.25) is 0 Å². The minimum Gasteiger partial charge on any atom is -0.477 e. The second-order valence-corrected chi connectivity index (χ2v) is 4.27. The molecule has 0 radical (unpaired) electrons. The molecule has 2 aromatic rings. The summed E-state index contributed by atoms with van der Waals surface area (Å²) in [6.45, 7) is 4.35. The fourth-order valence-electron chi connectivity index (χ4n) is 2.08. The number of carboxylic acids is 1. The molecule has 0 bridgehead atoms. The van der Waals surface area contributed by atoms with E-state index in [4.69, 9.17) is 9.84 Å². The molecule has 0 spiro atoms. The lowest BCUT2D eigenvalue weighted by atomic mass is 10.3. The predicted molar refractivity (Wildman–Crippen MR) is 65.5 cm³/mol. The van der Waals surface area contributed by atoms with Crippen LogP contribution in [0.15, 0.2) is 6.07 Å². The van der Waals surface area contributed by atoms with Gasteiger partial charge in [0.1, 0.15) is 11.6 Å². The van der Waals surface area contributed by atoms with Crippen molar-refractivity contribution in [2.45, 2.75) is 6.92 Å². The number of ether oxygens (including phenoxy) is 1. The molecule has 2 aromatic heterocycles. The average molecular weight is 263 g/mol. The summed E-state index contributed by atoms with van der Waals surface area (Å²) in [5.41, 5.74) is -0.0265. The number of carboxylic acid groups (broad SMARTS) is 1. The van der Waals surface area contributed by atoms with Gasteiger partial charge in [-0.05, 0) is 6.92 Å². The Hall–Kier alpha value is -2.22. The van der Waals surface area contributed by atoms with Crippen LogP contribution < -0.4 is 4.90 Å². The number of morpholine rings is 1. The summed E-state index contributed by atoms with van der Waals surface area (Å²) >= 11 is 0. The Morgan fingerprint density at radius 1 is 1.37 bits per heavy atom. The van der Waals surface area contributed by atoms with E-state index >= 15 is 0 Å². The van der Waals surface area contributed by atoms with E-state index in [0.29, 0.717) is 43.7 Å². The SMILES string of the molecule is Cc1nc2nc(C(=O)O)cc(N3CCOCC3)n2n1. The van der Waals surface area contributed by atoms with E-state index < -0.39 is 5.97 Å². The largest absolute Gasteiger partial charge is 0.477 e. The summed E-state index contributed by atoms with van der Waals surface area (Å²) in [7, 11) is 0. The van der Waals surface area contributed by atoms with E-state index in [1.54, 1.807) is 11.4 Å². The minimum absolute atomic E-state index is 0.0265. The summed E-state index contributed by atoms with van der Waals surface area (Å²) < 4.78 is 6.87. The van der Waals surface area contributed by atoms with Crippen LogP contribution in [0.2, 0.25) is 0 Å². The fourth-order valence-corrected chi connectivity index (χ4v) is 2.08. The molecule has 100 valence electrons. The van der Waals surface area contributed by atoms with Crippen LogP contribution in [0.3, 0.4) is 0 Å². The molecule has 19 heavy (non-hydrogen) atoms. The number of fused-ring (bicyclic) bond motifs is 1. The molecular formula is C11H13N5O3. The number of carbonyl (C=O) groups is 1. The highest BCUT2D eigenvalue weighted by Gasteiger charge is 2.19. The quantitative estimate of drug-likeness (QED) is 0.813. The van der Waals surface area contributed by atoms with Crippen molar-refractivity contribution in [2.24, 2.45) is 0 Å². The molecule has 0 atom stereocenters. The van der Waals surface area contributed by atoms with Gasteiger partial charge in [0.2, 0.25) is 0 Å². The average Bonchev–Trinajstić information content (AvgIpc) is 2.78. The van der Waals surface area contributed by atoms with Gasteiger partial charge in [-0.15, -0.1) is 5.10 Å². The van der Waals surface area contributed by atoms with Gasteiger partial charge in [-0.2, -0.15) is 9.50 Å². The maximum atomic E-state index is 11.1. The van der Waals surface area contributed by atoms with E-state index in [9.17, 15) is 4.79 Å². The predicted octanol–water partition coefficient (Wildman–Crippen LogP) is -0.0325. The molecular weight excluding hydrogens is 250 g/mol. The summed E-state index contributed by atoms with van der Waals surface area (Å²) in [5, 5.41) is 13.4. The van der Waals surface area contributed by atoms with Crippen molar-refractivity contribution < 1.29 is 14.6 Å². The first kappa shape index (κ1) is 11.8. The molecule has 1 aliphatic rings. The molecule has 1 fully saturated rings. The Morgan fingerprint density at radius 3 is 2.79 bits per heavy atom. The van der Waals surface area contributed by atoms with Crippen LogP contribution in [0.25, 0.3) is 5.78 Å². The monoisotopic (exact) mass is 263 g/mol. The molecule has 0 unspecified atom stereocenters. The summed E-state index contributed by atoms with van der Waals surface area (Å²) in [5.74, 6) is 0.479. The van der Waals surface area contributed by atoms with E-state index in [1.807, 2.05) is 4.90 Å². The van der Waals surface area contributed by atoms with Gasteiger partial charge in [0.25, 0.3) is 5.78 Å². The second-order valence-electron chi connectivity index (χ2n) is 4.27. The van der Waals surface area contributed by atoms with Crippen LogP contribution in [0.5, 0.6) is 0 Å². The first-order valence-electron chi connectivity index (χ1n) is 5.95. The normalized spacial score (nSPS) is 15.9. The molecule has 0 saturated carbocycles. The maximum absolute atomic E-state index is 11.1. The molecule has 8 heteroatoms. The zero-order valence-electron chi connectivity index (χ0n) is 10.4. The van der Waals surface area contributed by atoms with E-state index in [1.165, 1.54) is 6.07 Å². The number of aromatic nitrogens is 4. The first-order chi connectivity index (χ1) is 9.15. The molecule has 3 rings (SSSR count). The number of hydrogen-bond acceptors (Lipinski definition) is 6. The number of anilines is 1. The lowest BCUT2D eigenvalue weighted by Gasteiger charge is -2.28. The Labute approximate surface area is 108 Å². The van der Waals surface area contributed by atoms with Crippen molar-refractivity contribution in [1.82, 2.24) is 19.6 Å². The van der Waals surface area contributed by atoms with Gasteiger partial charge in [-0.1, -0.05) is 0 Å². The second kappa shape index (κ2) is 4.47. The smallest absolute Gasteiger partial charge is 0.354 e. The van der Waals surface area contributed by atoms with Gasteiger partial charge in [0, 0.05) is 19.2 Å². The van der Waals surface area contributed by atoms with E-state index in [0.717, 1.165) is 0 Å².